The molecule has 0 amide bonds. The van der Waals surface area contributed by atoms with Gasteiger partial charge in [-0.05, 0) is 18.9 Å². The Hall–Kier alpha value is -0.380. The van der Waals surface area contributed by atoms with Crippen molar-refractivity contribution in [2.75, 3.05) is 25.6 Å². The molecular weight excluding hydrogens is 278 g/mol. The summed E-state index contributed by atoms with van der Waals surface area (Å²) in [5.41, 5.74) is 1.37. The molecule has 0 aliphatic heterocycles. The van der Waals surface area contributed by atoms with E-state index in [4.69, 9.17) is 4.74 Å². The van der Waals surface area contributed by atoms with Gasteiger partial charge in [0.25, 0.3) is 0 Å². The summed E-state index contributed by atoms with van der Waals surface area (Å²) < 4.78 is 5.15. The minimum absolute atomic E-state index is 0.549. The molecule has 17 heavy (non-hydrogen) atoms. The number of alkyl halides is 1. The number of hydrogen-bond donors (Lipinski definition) is 0. The molecule has 1 rings (SSSR count). The first-order valence-electron chi connectivity index (χ1n) is 6.10. The van der Waals surface area contributed by atoms with Crippen LogP contribution in [0.2, 0.25) is 0 Å². The van der Waals surface area contributed by atoms with Gasteiger partial charge < -0.3 is 4.74 Å². The van der Waals surface area contributed by atoms with E-state index in [0.29, 0.717) is 6.04 Å². The van der Waals surface area contributed by atoms with Gasteiger partial charge in [0.1, 0.15) is 0 Å². The van der Waals surface area contributed by atoms with E-state index < -0.39 is 0 Å². The topological polar surface area (TPSA) is 12.5 Å². The molecule has 3 heteroatoms. The van der Waals surface area contributed by atoms with Crippen molar-refractivity contribution in [2.45, 2.75) is 25.9 Å². The van der Waals surface area contributed by atoms with E-state index in [-0.39, 0.29) is 0 Å². The molecule has 0 fully saturated rings. The molecule has 0 N–H and O–H groups in total. The Kier molecular flexibility index (Phi) is 7.49. The quantitative estimate of drug-likeness (QED) is 0.683. The van der Waals surface area contributed by atoms with Crippen LogP contribution in [-0.4, -0.2) is 36.5 Å². The number of methoxy groups -OCH3 is 1. The maximum Gasteiger partial charge on any atom is 0.0477 e. The molecular formula is C14H22BrNO. The Morgan fingerprint density at radius 1 is 1.29 bits per heavy atom. The molecule has 0 aromatic heterocycles. The zero-order valence-electron chi connectivity index (χ0n) is 10.7. The van der Waals surface area contributed by atoms with E-state index in [1.165, 1.54) is 5.56 Å². The van der Waals surface area contributed by atoms with Crippen LogP contribution in [0.4, 0.5) is 0 Å². The highest BCUT2D eigenvalue weighted by Crippen LogP contribution is 2.11. The fourth-order valence-electron chi connectivity index (χ4n) is 1.85. The van der Waals surface area contributed by atoms with Crippen molar-refractivity contribution in [3.63, 3.8) is 0 Å². The second-order valence-electron chi connectivity index (χ2n) is 4.28. The largest absolute Gasteiger partial charge is 0.385 e. The third-order valence-electron chi connectivity index (χ3n) is 2.96. The van der Waals surface area contributed by atoms with Crippen molar-refractivity contribution in [1.82, 2.24) is 4.90 Å². The van der Waals surface area contributed by atoms with Crippen LogP contribution >= 0.6 is 15.9 Å². The van der Waals surface area contributed by atoms with E-state index in [9.17, 15) is 0 Å². The fourth-order valence-corrected chi connectivity index (χ4v) is 2.31. The van der Waals surface area contributed by atoms with Gasteiger partial charge in [0.2, 0.25) is 0 Å². The maximum atomic E-state index is 5.15. The maximum absolute atomic E-state index is 5.15. The molecule has 0 heterocycles. The van der Waals surface area contributed by atoms with Crippen LogP contribution in [0.1, 0.15) is 18.9 Å². The number of benzene rings is 1. The summed E-state index contributed by atoms with van der Waals surface area (Å²) in [7, 11) is 1.76. The molecule has 96 valence electrons. The van der Waals surface area contributed by atoms with Gasteiger partial charge in [0.15, 0.2) is 0 Å². The average molecular weight is 300 g/mol. The highest BCUT2D eigenvalue weighted by atomic mass is 79.9. The third-order valence-corrected chi connectivity index (χ3v) is 3.32. The van der Waals surface area contributed by atoms with Crippen molar-refractivity contribution in [3.8, 4) is 0 Å². The second kappa shape index (κ2) is 8.67. The lowest BCUT2D eigenvalue weighted by Gasteiger charge is -2.28. The number of ether oxygens (including phenoxy) is 1. The van der Waals surface area contributed by atoms with Crippen LogP contribution < -0.4 is 0 Å². The molecule has 1 unspecified atom stereocenters. The number of rotatable bonds is 8. The highest BCUT2D eigenvalue weighted by Gasteiger charge is 2.13. The van der Waals surface area contributed by atoms with E-state index in [1.807, 2.05) is 0 Å². The van der Waals surface area contributed by atoms with Crippen LogP contribution in [0.15, 0.2) is 30.3 Å². The predicted octanol–water partition coefficient (Wildman–Crippen LogP) is 3.31. The lowest BCUT2D eigenvalue weighted by Crippen LogP contribution is -2.34. The van der Waals surface area contributed by atoms with Gasteiger partial charge in [0.05, 0.1) is 0 Å². The van der Waals surface area contributed by atoms with Crippen LogP contribution in [0.5, 0.6) is 0 Å². The third kappa shape index (κ3) is 5.66. The molecule has 0 bridgehead atoms. The van der Waals surface area contributed by atoms with Crippen molar-refractivity contribution in [3.05, 3.63) is 35.9 Å². The van der Waals surface area contributed by atoms with E-state index in [1.54, 1.807) is 7.11 Å². The predicted molar refractivity (Wildman–Crippen MR) is 76.6 cm³/mol. The summed E-state index contributed by atoms with van der Waals surface area (Å²) in [5.74, 6) is 0. The summed E-state index contributed by atoms with van der Waals surface area (Å²) in [6.07, 6.45) is 1.08. The van der Waals surface area contributed by atoms with Gasteiger partial charge in [0, 0.05) is 38.2 Å². The average Bonchev–Trinajstić information content (AvgIpc) is 2.36. The first kappa shape index (κ1) is 14.7. The first-order valence-corrected chi connectivity index (χ1v) is 7.23. The van der Waals surface area contributed by atoms with Crippen LogP contribution in [0.25, 0.3) is 0 Å². The monoisotopic (exact) mass is 299 g/mol. The smallest absolute Gasteiger partial charge is 0.0477 e. The number of halogens is 1. The minimum Gasteiger partial charge on any atom is -0.385 e. The molecule has 0 aliphatic carbocycles. The molecule has 0 saturated carbocycles. The summed E-state index contributed by atoms with van der Waals surface area (Å²) in [4.78, 5) is 2.49. The Morgan fingerprint density at radius 2 is 2.00 bits per heavy atom. The zero-order valence-corrected chi connectivity index (χ0v) is 12.3. The molecule has 0 aliphatic rings. The second-order valence-corrected chi connectivity index (χ2v) is 5.07. The van der Waals surface area contributed by atoms with Gasteiger partial charge in [-0.3, -0.25) is 4.90 Å². The van der Waals surface area contributed by atoms with Crippen LogP contribution in [0.3, 0.4) is 0 Å². The lowest BCUT2D eigenvalue weighted by molar-refractivity contribution is 0.138. The number of hydrogen-bond acceptors (Lipinski definition) is 2. The molecule has 0 spiro atoms. The van der Waals surface area contributed by atoms with Gasteiger partial charge in [-0.15, -0.1) is 0 Å². The minimum atomic E-state index is 0.549. The SMILES string of the molecule is COCCC(C)N(CCBr)Cc1ccccc1. The van der Waals surface area contributed by atoms with Crippen molar-refractivity contribution < 1.29 is 4.74 Å². The summed E-state index contributed by atoms with van der Waals surface area (Å²) in [5, 5.41) is 1.01. The molecule has 1 atom stereocenters. The Bertz CT molecular complexity index is 292. The summed E-state index contributed by atoms with van der Waals surface area (Å²) in [6.45, 7) is 5.18. The summed E-state index contributed by atoms with van der Waals surface area (Å²) in [6, 6.07) is 11.2. The molecule has 1 aromatic rings. The molecule has 1 aromatic carbocycles. The van der Waals surface area contributed by atoms with Gasteiger partial charge in [-0.2, -0.15) is 0 Å². The Balaban J connectivity index is 2.53. The first-order chi connectivity index (χ1) is 8.27. The zero-order chi connectivity index (χ0) is 12.5. The fraction of sp³-hybridized carbons (Fsp3) is 0.571. The van der Waals surface area contributed by atoms with Gasteiger partial charge in [-0.1, -0.05) is 46.3 Å². The number of nitrogens with zero attached hydrogens (tertiary/aromatic N) is 1. The highest BCUT2D eigenvalue weighted by molar-refractivity contribution is 9.09. The summed E-state index contributed by atoms with van der Waals surface area (Å²) >= 11 is 3.53. The van der Waals surface area contributed by atoms with Crippen LogP contribution in [0, 0.1) is 0 Å². The van der Waals surface area contributed by atoms with Crippen LogP contribution in [-0.2, 0) is 11.3 Å². The molecule has 0 saturated heterocycles. The lowest BCUT2D eigenvalue weighted by atomic mass is 10.1. The molecule has 2 nitrogen and oxygen atoms in total. The van der Waals surface area contributed by atoms with E-state index in [2.05, 4.69) is 58.1 Å². The Morgan fingerprint density at radius 3 is 2.59 bits per heavy atom. The molecule has 0 radical (unpaired) electrons. The van der Waals surface area contributed by atoms with E-state index in [0.717, 1.165) is 31.4 Å². The Labute approximate surface area is 113 Å². The normalized spacial score (nSPS) is 12.9. The van der Waals surface area contributed by atoms with Gasteiger partial charge in [-0.25, -0.2) is 0 Å². The van der Waals surface area contributed by atoms with E-state index >= 15 is 0 Å². The van der Waals surface area contributed by atoms with Crippen molar-refractivity contribution in [1.29, 1.82) is 0 Å². The van der Waals surface area contributed by atoms with Gasteiger partial charge >= 0.3 is 0 Å². The standard InChI is InChI=1S/C14H22BrNO/c1-13(8-11-17-2)16(10-9-15)12-14-6-4-3-5-7-14/h3-7,13H,8-12H2,1-2H3. The van der Waals surface area contributed by atoms with Crippen molar-refractivity contribution in [2.24, 2.45) is 0 Å². The van der Waals surface area contributed by atoms with Crippen molar-refractivity contribution >= 4 is 15.9 Å².